The van der Waals surface area contributed by atoms with Gasteiger partial charge in [0.1, 0.15) is 19.3 Å². The van der Waals surface area contributed by atoms with Gasteiger partial charge in [0.15, 0.2) is 12.2 Å². The fourth-order valence-corrected chi connectivity index (χ4v) is 12.4. The van der Waals surface area contributed by atoms with Crippen LogP contribution in [-0.2, 0) is 65.4 Å². The van der Waals surface area contributed by atoms with E-state index in [9.17, 15) is 43.2 Å². The number of ether oxygens (including phenoxy) is 4. The molecule has 0 heterocycles. The first-order valence-corrected chi connectivity index (χ1v) is 40.2. The van der Waals surface area contributed by atoms with Crippen LogP contribution in [0.4, 0.5) is 0 Å². The van der Waals surface area contributed by atoms with Gasteiger partial charge in [0.05, 0.1) is 26.4 Å². The van der Waals surface area contributed by atoms with Crippen molar-refractivity contribution in [1.29, 1.82) is 0 Å². The molecule has 0 aliphatic rings. The lowest BCUT2D eigenvalue weighted by Gasteiger charge is -2.21. The van der Waals surface area contributed by atoms with Crippen LogP contribution in [0.15, 0.2) is 0 Å². The molecule has 0 aromatic carbocycles. The predicted molar refractivity (Wildman–Crippen MR) is 367 cm³/mol. The van der Waals surface area contributed by atoms with Crippen molar-refractivity contribution in [2.45, 2.75) is 375 Å². The molecule has 0 spiro atoms. The molecule has 540 valence electrons. The summed E-state index contributed by atoms with van der Waals surface area (Å²) in [5.41, 5.74) is 0. The summed E-state index contributed by atoms with van der Waals surface area (Å²) in [5.74, 6) is 0.854. The normalized spacial score (nSPS) is 14.5. The Labute approximate surface area is 556 Å². The molecule has 6 atom stereocenters. The van der Waals surface area contributed by atoms with E-state index in [1.165, 1.54) is 154 Å². The SMILES string of the molecule is CCC(C)CCCCCCCCCCC(=O)O[C@H](COC(=O)CCCCCCCCC(C)C)COP(=O)(O)OC[C@H](O)COP(=O)(O)OC[C@@H](COC(=O)CCCCCCCCCCC(C)C)OC(=O)CCCCCCCCCCCCCCCCCCC(C)C. The van der Waals surface area contributed by atoms with E-state index in [1.54, 1.807) is 0 Å². The topological polar surface area (TPSA) is 237 Å². The minimum Gasteiger partial charge on any atom is -0.462 e. The van der Waals surface area contributed by atoms with Gasteiger partial charge in [-0.05, 0) is 49.4 Å². The first-order valence-electron chi connectivity index (χ1n) is 37.2. The smallest absolute Gasteiger partial charge is 0.462 e. The summed E-state index contributed by atoms with van der Waals surface area (Å²) < 4.78 is 68.3. The summed E-state index contributed by atoms with van der Waals surface area (Å²) in [6.07, 6.45) is 44.6. The largest absolute Gasteiger partial charge is 0.472 e. The maximum Gasteiger partial charge on any atom is 0.472 e. The van der Waals surface area contributed by atoms with E-state index in [0.29, 0.717) is 31.6 Å². The van der Waals surface area contributed by atoms with E-state index >= 15 is 0 Å². The molecule has 0 radical (unpaired) electrons. The fourth-order valence-electron chi connectivity index (χ4n) is 10.8. The van der Waals surface area contributed by atoms with E-state index in [4.69, 9.17) is 37.0 Å². The second kappa shape index (κ2) is 61.6. The van der Waals surface area contributed by atoms with E-state index in [1.807, 2.05) is 0 Å². The van der Waals surface area contributed by atoms with Crippen molar-refractivity contribution in [1.82, 2.24) is 0 Å². The minimum absolute atomic E-state index is 0.103. The van der Waals surface area contributed by atoms with E-state index in [2.05, 4.69) is 55.4 Å². The lowest BCUT2D eigenvalue weighted by molar-refractivity contribution is -0.161. The van der Waals surface area contributed by atoms with Crippen molar-refractivity contribution in [2.24, 2.45) is 23.7 Å². The standard InChI is InChI=1S/C72H140O17P2/c1-9-65(8)51-43-35-26-21-23-29-39-47-55-72(77)89-68(59-83-70(75)53-45-37-31-30-34-42-50-64(6)7)61-87-91(80,81)85-57-66(73)56-84-90(78,79)86-60-67(58-82-69(74)52-44-36-27-22-20-25-33-41-49-63(4)5)88-71(76)54-46-38-28-19-17-15-13-11-10-12-14-16-18-24-32-40-48-62(2)3/h62-68,73H,9-61H2,1-8H3,(H,78,79)(H,80,81)/t65?,66-,67-,68-/m1/s1. The third kappa shape index (κ3) is 65.1. The van der Waals surface area contributed by atoms with Crippen LogP contribution >= 0.6 is 15.6 Å². The van der Waals surface area contributed by atoms with Crippen LogP contribution in [0.5, 0.6) is 0 Å². The molecule has 0 saturated heterocycles. The Balaban J connectivity index is 5.21. The van der Waals surface area contributed by atoms with Crippen LogP contribution in [0.2, 0.25) is 0 Å². The van der Waals surface area contributed by atoms with Gasteiger partial charge in [-0.25, -0.2) is 9.13 Å². The number of hydrogen-bond acceptors (Lipinski definition) is 15. The number of unbranched alkanes of at least 4 members (excludes halogenated alkanes) is 34. The molecule has 0 rings (SSSR count). The molecule has 3 N–H and O–H groups in total. The molecule has 19 heteroatoms. The molecular formula is C72H140O17P2. The lowest BCUT2D eigenvalue weighted by Crippen LogP contribution is -2.30. The van der Waals surface area contributed by atoms with Crippen LogP contribution in [0, 0.1) is 23.7 Å². The molecular weight excluding hydrogens is 1200 g/mol. The number of esters is 4. The highest BCUT2D eigenvalue weighted by Crippen LogP contribution is 2.45. The zero-order chi connectivity index (χ0) is 67.5. The summed E-state index contributed by atoms with van der Waals surface area (Å²) in [7, 11) is -9.90. The number of carbonyl (C=O) groups is 4. The number of rotatable bonds is 69. The molecule has 0 amide bonds. The monoisotopic (exact) mass is 1340 g/mol. The van der Waals surface area contributed by atoms with Gasteiger partial charge >= 0.3 is 39.5 Å². The average Bonchev–Trinajstić information content (AvgIpc) is 2.28. The zero-order valence-corrected chi connectivity index (χ0v) is 61.3. The number of aliphatic hydroxyl groups excluding tert-OH is 1. The summed E-state index contributed by atoms with van der Waals surface area (Å²) in [6, 6.07) is 0. The maximum atomic E-state index is 13.0. The van der Waals surface area contributed by atoms with E-state index in [-0.39, 0.29) is 25.7 Å². The van der Waals surface area contributed by atoms with Crippen LogP contribution in [0.25, 0.3) is 0 Å². The molecule has 0 bridgehead atoms. The number of hydrogen-bond donors (Lipinski definition) is 3. The predicted octanol–water partition coefficient (Wildman–Crippen LogP) is 20.5. The fraction of sp³-hybridized carbons (Fsp3) is 0.944. The molecule has 0 fully saturated rings. The maximum absolute atomic E-state index is 13.0. The second-order valence-electron chi connectivity index (χ2n) is 27.6. The van der Waals surface area contributed by atoms with Crippen LogP contribution in [-0.4, -0.2) is 96.7 Å². The number of aliphatic hydroxyl groups is 1. The van der Waals surface area contributed by atoms with Crippen molar-refractivity contribution in [2.75, 3.05) is 39.6 Å². The molecule has 17 nitrogen and oxygen atoms in total. The third-order valence-corrected chi connectivity index (χ3v) is 18.8. The van der Waals surface area contributed by atoms with Crippen molar-refractivity contribution in [3.63, 3.8) is 0 Å². The number of phosphoric ester groups is 2. The van der Waals surface area contributed by atoms with Gasteiger partial charge in [0.25, 0.3) is 0 Å². The van der Waals surface area contributed by atoms with Gasteiger partial charge in [0, 0.05) is 25.7 Å². The van der Waals surface area contributed by atoms with Gasteiger partial charge < -0.3 is 33.8 Å². The van der Waals surface area contributed by atoms with Gasteiger partial charge in [-0.3, -0.25) is 37.3 Å². The highest BCUT2D eigenvalue weighted by atomic mass is 31.2. The van der Waals surface area contributed by atoms with Gasteiger partial charge in [0.2, 0.25) is 0 Å². The van der Waals surface area contributed by atoms with Gasteiger partial charge in [-0.1, -0.05) is 306 Å². The third-order valence-electron chi connectivity index (χ3n) is 16.9. The highest BCUT2D eigenvalue weighted by Gasteiger charge is 2.30. The summed E-state index contributed by atoms with van der Waals surface area (Å²) in [4.78, 5) is 72.6. The Morgan fingerprint density at radius 2 is 0.527 bits per heavy atom. The van der Waals surface area contributed by atoms with Gasteiger partial charge in [-0.15, -0.1) is 0 Å². The Kier molecular flexibility index (Phi) is 60.3. The number of phosphoric acid groups is 2. The van der Waals surface area contributed by atoms with Crippen molar-refractivity contribution in [3.8, 4) is 0 Å². The van der Waals surface area contributed by atoms with Crippen LogP contribution in [0.1, 0.15) is 357 Å². The Hall–Kier alpha value is -1.94. The van der Waals surface area contributed by atoms with Crippen molar-refractivity contribution >= 4 is 39.5 Å². The molecule has 0 aliphatic heterocycles. The van der Waals surface area contributed by atoms with Crippen LogP contribution in [0.3, 0.4) is 0 Å². The molecule has 91 heavy (non-hydrogen) atoms. The molecule has 0 aliphatic carbocycles. The van der Waals surface area contributed by atoms with Crippen LogP contribution < -0.4 is 0 Å². The minimum atomic E-state index is -4.95. The Bertz CT molecular complexity index is 1800. The summed E-state index contributed by atoms with van der Waals surface area (Å²) in [5, 5.41) is 10.6. The lowest BCUT2D eigenvalue weighted by atomic mass is 9.99. The summed E-state index contributed by atoms with van der Waals surface area (Å²) in [6.45, 7) is 14.1. The first-order chi connectivity index (χ1) is 43.6. The summed E-state index contributed by atoms with van der Waals surface area (Å²) >= 11 is 0. The van der Waals surface area contributed by atoms with Crippen molar-refractivity contribution in [3.05, 3.63) is 0 Å². The second-order valence-corrected chi connectivity index (χ2v) is 30.6. The molecule has 0 aromatic rings. The average molecular weight is 1340 g/mol. The first kappa shape index (κ1) is 89.1. The molecule has 3 unspecified atom stereocenters. The van der Waals surface area contributed by atoms with Gasteiger partial charge in [-0.2, -0.15) is 0 Å². The highest BCUT2D eigenvalue weighted by molar-refractivity contribution is 7.47. The van der Waals surface area contributed by atoms with E-state index < -0.39 is 97.5 Å². The Morgan fingerprint density at radius 1 is 0.308 bits per heavy atom. The van der Waals surface area contributed by atoms with Crippen molar-refractivity contribution < 1.29 is 80.2 Å². The number of carbonyl (C=O) groups excluding carboxylic acids is 4. The Morgan fingerprint density at radius 3 is 0.780 bits per heavy atom. The quantitative estimate of drug-likeness (QED) is 0.0222. The molecule has 0 saturated carbocycles. The van der Waals surface area contributed by atoms with E-state index in [0.717, 1.165) is 114 Å². The zero-order valence-electron chi connectivity index (χ0n) is 59.5. The molecule has 0 aromatic heterocycles.